The van der Waals surface area contributed by atoms with Crippen LogP contribution in [0.25, 0.3) is 22.1 Å². The number of hydrogen-bond donors (Lipinski definition) is 0. The van der Waals surface area contributed by atoms with E-state index in [1.54, 1.807) is 13.1 Å². The maximum atomic E-state index is 13.2. The van der Waals surface area contributed by atoms with Crippen LogP contribution in [-0.2, 0) is 16.0 Å². The number of carbonyl (C=O) groups is 1. The minimum absolute atomic E-state index is 0.0449. The van der Waals surface area contributed by atoms with Gasteiger partial charge in [0.15, 0.2) is 11.0 Å². The third-order valence-corrected chi connectivity index (χ3v) is 6.63. The molecular formula is C29H29N2O5+. The van der Waals surface area contributed by atoms with E-state index in [0.29, 0.717) is 49.7 Å². The van der Waals surface area contributed by atoms with Crippen molar-refractivity contribution >= 4 is 22.9 Å². The summed E-state index contributed by atoms with van der Waals surface area (Å²) in [6.07, 6.45) is -0.434. The van der Waals surface area contributed by atoms with Crippen LogP contribution in [0.5, 0.6) is 0 Å². The second kappa shape index (κ2) is 10.4. The van der Waals surface area contributed by atoms with E-state index in [2.05, 4.69) is 0 Å². The molecule has 1 saturated heterocycles. The minimum atomic E-state index is -0.434. The van der Waals surface area contributed by atoms with Gasteiger partial charge in [-0.1, -0.05) is 72.8 Å². The van der Waals surface area contributed by atoms with E-state index in [0.717, 1.165) is 16.7 Å². The molecule has 3 aromatic carbocycles. The van der Waals surface area contributed by atoms with Crippen LogP contribution in [0.2, 0.25) is 0 Å². The maximum absolute atomic E-state index is 13.2. The van der Waals surface area contributed by atoms with Crippen LogP contribution in [0, 0.1) is 0 Å². The fourth-order valence-electron chi connectivity index (χ4n) is 4.56. The van der Waals surface area contributed by atoms with Gasteiger partial charge in [0.05, 0.1) is 24.7 Å². The van der Waals surface area contributed by atoms with Crippen molar-refractivity contribution in [2.24, 2.45) is 0 Å². The number of rotatable bonds is 6. The quantitative estimate of drug-likeness (QED) is 0.359. The topological polar surface area (TPSA) is 69.0 Å². The van der Waals surface area contributed by atoms with E-state index in [4.69, 9.17) is 13.9 Å². The Labute approximate surface area is 209 Å². The Morgan fingerprint density at radius 2 is 1.64 bits per heavy atom. The number of carbonyl (C=O) groups excluding carboxylic acids is 1. The molecule has 0 radical (unpaired) electrons. The van der Waals surface area contributed by atoms with E-state index in [1.807, 2.05) is 72.8 Å². The van der Waals surface area contributed by atoms with Gasteiger partial charge in [0, 0.05) is 19.2 Å². The molecule has 184 valence electrons. The molecule has 36 heavy (non-hydrogen) atoms. The largest absolute Gasteiger partial charge is 0.414 e. The van der Waals surface area contributed by atoms with Crippen LogP contribution in [0.3, 0.4) is 0 Å². The van der Waals surface area contributed by atoms with E-state index in [9.17, 15) is 9.59 Å². The summed E-state index contributed by atoms with van der Waals surface area (Å²) in [6, 6.07) is 26.7. The third-order valence-electron chi connectivity index (χ3n) is 6.63. The maximum Gasteiger partial charge on any atom is 0.414 e. The van der Waals surface area contributed by atoms with Gasteiger partial charge in [0.25, 0.3) is 0 Å². The molecule has 5 rings (SSSR count). The summed E-state index contributed by atoms with van der Waals surface area (Å²) in [5.41, 5.74) is 3.23. The molecule has 2 heterocycles. The minimum Gasteiger partial charge on any atom is -0.411 e. The number of hydrogen-bond acceptors (Lipinski definition) is 5. The van der Waals surface area contributed by atoms with Gasteiger partial charge in [0.1, 0.15) is 13.1 Å². The first-order chi connectivity index (χ1) is 17.6. The molecule has 0 bridgehead atoms. The summed E-state index contributed by atoms with van der Waals surface area (Å²) in [5, 5.41) is 0.520. The molecule has 7 nitrogen and oxygen atoms in total. The number of quaternary nitrogens is 1. The molecule has 0 N–H and O–H groups in total. The highest BCUT2D eigenvalue weighted by molar-refractivity contribution is 5.92. The molecule has 7 heteroatoms. The van der Waals surface area contributed by atoms with Crippen LogP contribution < -0.4 is 9.91 Å². The van der Waals surface area contributed by atoms with Crippen molar-refractivity contribution in [2.75, 3.05) is 40.1 Å². The van der Waals surface area contributed by atoms with Crippen LogP contribution in [-0.4, -0.2) is 51.1 Å². The zero-order valence-electron chi connectivity index (χ0n) is 20.3. The number of morpholine rings is 1. The van der Waals surface area contributed by atoms with Gasteiger partial charge in [0.2, 0.25) is 6.73 Å². The first-order valence-corrected chi connectivity index (χ1v) is 12.0. The second-order valence-electron chi connectivity index (χ2n) is 9.08. The third kappa shape index (κ3) is 4.89. The van der Waals surface area contributed by atoms with E-state index in [-0.39, 0.29) is 16.6 Å². The van der Waals surface area contributed by atoms with Crippen molar-refractivity contribution in [3.63, 3.8) is 0 Å². The van der Waals surface area contributed by atoms with Gasteiger partial charge >= 0.3 is 12.0 Å². The van der Waals surface area contributed by atoms with E-state index < -0.39 is 6.09 Å². The molecule has 0 spiro atoms. The number of amides is 1. The summed E-state index contributed by atoms with van der Waals surface area (Å²) < 4.78 is 18.1. The second-order valence-corrected chi connectivity index (χ2v) is 9.08. The van der Waals surface area contributed by atoms with Crippen LogP contribution in [0.1, 0.15) is 5.56 Å². The summed E-state index contributed by atoms with van der Waals surface area (Å²) in [7, 11) is 1.71. The van der Waals surface area contributed by atoms with Gasteiger partial charge in [-0.05, 0) is 17.2 Å². The van der Waals surface area contributed by atoms with E-state index in [1.165, 1.54) is 11.0 Å². The fraction of sp³-hybridized carbons (Fsp3) is 0.241. The van der Waals surface area contributed by atoms with Crippen molar-refractivity contribution in [1.82, 2.24) is 9.38 Å². The first-order valence-electron chi connectivity index (χ1n) is 12.0. The number of fused-ring (bicyclic) bond motifs is 1. The lowest BCUT2D eigenvalue weighted by molar-refractivity contribution is -0.0203. The summed E-state index contributed by atoms with van der Waals surface area (Å²) in [6.45, 7) is 2.48. The van der Waals surface area contributed by atoms with Gasteiger partial charge in [-0.15, -0.1) is 0 Å². The summed E-state index contributed by atoms with van der Waals surface area (Å²) >= 11 is 0. The van der Waals surface area contributed by atoms with Crippen molar-refractivity contribution in [1.29, 1.82) is 0 Å². The zero-order chi connectivity index (χ0) is 25.0. The zero-order valence-corrected chi connectivity index (χ0v) is 20.3. The average molecular weight is 486 g/mol. The Morgan fingerprint density at radius 3 is 2.36 bits per heavy atom. The lowest BCUT2D eigenvalue weighted by atomic mass is 10.0. The number of para-hydroxylation sites is 1. The summed E-state index contributed by atoms with van der Waals surface area (Å²) in [4.78, 5) is 27.6. The molecule has 1 aliphatic rings. The predicted octanol–water partition coefficient (Wildman–Crippen LogP) is 5.02. The van der Waals surface area contributed by atoms with Gasteiger partial charge in [-0.2, -0.15) is 0 Å². The molecule has 1 fully saturated rings. The Bertz CT molecular complexity index is 1400. The number of nitrogens with zero attached hydrogens (tertiary/aromatic N) is 2. The molecule has 0 atom stereocenters. The highest BCUT2D eigenvalue weighted by atomic mass is 16.6. The van der Waals surface area contributed by atoms with Crippen molar-refractivity contribution in [3.8, 4) is 11.1 Å². The molecule has 1 aliphatic heterocycles. The molecule has 1 aromatic heterocycles. The lowest BCUT2D eigenvalue weighted by Gasteiger charge is -2.38. The monoisotopic (exact) mass is 485 g/mol. The SMILES string of the molecule is CN(Cc1ccccc1)C(=O)OC[N+]1(c2cc(=O)c3cccc(-c4ccccc4)c3o2)CCOCC1. The normalized spacial score (nSPS) is 14.9. The molecule has 0 saturated carbocycles. The Hall–Kier alpha value is -3.94. The van der Waals surface area contributed by atoms with Gasteiger partial charge in [-0.3, -0.25) is 4.79 Å². The van der Waals surface area contributed by atoms with Crippen molar-refractivity contribution in [2.45, 2.75) is 6.54 Å². The lowest BCUT2D eigenvalue weighted by Crippen LogP contribution is -2.58. The number of benzene rings is 3. The predicted molar refractivity (Wildman–Crippen MR) is 140 cm³/mol. The molecule has 0 aliphatic carbocycles. The van der Waals surface area contributed by atoms with Crippen molar-refractivity contribution < 1.29 is 18.7 Å². The van der Waals surface area contributed by atoms with E-state index >= 15 is 0 Å². The Balaban J connectivity index is 1.46. The van der Waals surface area contributed by atoms with Crippen molar-refractivity contribution in [3.05, 3.63) is 101 Å². The molecule has 0 unspecified atom stereocenters. The molecular weight excluding hydrogens is 456 g/mol. The highest BCUT2D eigenvalue weighted by Gasteiger charge is 2.38. The number of ether oxygens (including phenoxy) is 2. The fourth-order valence-corrected chi connectivity index (χ4v) is 4.56. The van der Waals surface area contributed by atoms with Gasteiger partial charge in [-0.25, -0.2) is 9.28 Å². The highest BCUT2D eigenvalue weighted by Crippen LogP contribution is 2.32. The molecule has 4 aromatic rings. The molecule has 1 amide bonds. The van der Waals surface area contributed by atoms with Crippen LogP contribution in [0.15, 0.2) is 94.1 Å². The smallest absolute Gasteiger partial charge is 0.411 e. The Kier molecular flexibility index (Phi) is 6.84. The van der Waals surface area contributed by atoms with Crippen LogP contribution in [0.4, 0.5) is 10.7 Å². The summed E-state index contributed by atoms with van der Waals surface area (Å²) in [5.74, 6) is 0.470. The first kappa shape index (κ1) is 23.8. The average Bonchev–Trinajstić information content (AvgIpc) is 2.93. The Morgan fingerprint density at radius 1 is 0.944 bits per heavy atom. The van der Waals surface area contributed by atoms with Gasteiger partial charge < -0.3 is 18.8 Å². The standard InChI is InChI=1S/C29H29N2O5/c1-30(20-22-9-4-2-5-10-22)29(33)35-21-31(15-17-34-18-16-31)27-19-26(32)25-14-8-13-24(28(25)36-27)23-11-6-3-7-12-23/h2-14,19H,15-18,20-21H2,1H3/q+1. The van der Waals surface area contributed by atoms with Crippen LogP contribution >= 0.6 is 0 Å².